The molecule has 92 valence electrons. The number of aromatic amines is 1. The van der Waals surface area contributed by atoms with Crippen LogP contribution in [-0.2, 0) is 0 Å². The van der Waals surface area contributed by atoms with Gasteiger partial charge < -0.3 is 16.0 Å². The van der Waals surface area contributed by atoms with Crippen LogP contribution in [0.15, 0.2) is 41.3 Å². The highest BCUT2D eigenvalue weighted by Crippen LogP contribution is 2.17. The van der Waals surface area contributed by atoms with Crippen LogP contribution in [0.3, 0.4) is 0 Å². The second kappa shape index (κ2) is 4.75. The molecule has 18 heavy (non-hydrogen) atoms. The number of pyridine rings is 1. The van der Waals surface area contributed by atoms with E-state index in [0.717, 1.165) is 5.56 Å². The van der Waals surface area contributed by atoms with Gasteiger partial charge in [0.1, 0.15) is 0 Å². The lowest BCUT2D eigenvalue weighted by Crippen LogP contribution is -2.15. The van der Waals surface area contributed by atoms with Gasteiger partial charge in [-0.15, -0.1) is 0 Å². The topological polar surface area (TPSA) is 88.0 Å². The lowest BCUT2D eigenvalue weighted by Gasteiger charge is -2.07. The lowest BCUT2D eigenvalue weighted by molar-refractivity contribution is 0.102. The summed E-state index contributed by atoms with van der Waals surface area (Å²) in [5.74, 6) is -0.328. The highest BCUT2D eigenvalue weighted by molar-refractivity contribution is 6.04. The molecule has 0 spiro atoms. The molecule has 0 saturated heterocycles. The molecule has 0 atom stereocenters. The molecule has 1 aromatic carbocycles. The number of aromatic nitrogens is 1. The Morgan fingerprint density at radius 2 is 2.06 bits per heavy atom. The summed E-state index contributed by atoms with van der Waals surface area (Å²) < 4.78 is 0. The first-order valence-electron chi connectivity index (χ1n) is 5.42. The fourth-order valence-corrected chi connectivity index (χ4v) is 1.54. The lowest BCUT2D eigenvalue weighted by atomic mass is 10.1. The molecule has 1 aromatic heterocycles. The Morgan fingerprint density at radius 3 is 2.72 bits per heavy atom. The second-order valence-corrected chi connectivity index (χ2v) is 3.97. The van der Waals surface area contributed by atoms with Gasteiger partial charge >= 0.3 is 0 Å². The summed E-state index contributed by atoms with van der Waals surface area (Å²) in [5, 5.41) is 2.71. The standard InChI is InChI=1S/C13H13N3O2/c1-8-6-10(2-3-11(8)14)16-13(18)9-4-5-15-12(17)7-9/h2-7H,14H2,1H3,(H,15,17)(H,16,18). The van der Waals surface area contributed by atoms with E-state index in [9.17, 15) is 9.59 Å². The van der Waals surface area contributed by atoms with Crippen molar-refractivity contribution in [3.8, 4) is 0 Å². The zero-order valence-electron chi connectivity index (χ0n) is 9.86. The van der Waals surface area contributed by atoms with Crippen LogP contribution in [0.1, 0.15) is 15.9 Å². The van der Waals surface area contributed by atoms with Crippen molar-refractivity contribution in [3.05, 3.63) is 58.0 Å². The van der Waals surface area contributed by atoms with Gasteiger partial charge in [0, 0.05) is 29.2 Å². The van der Waals surface area contributed by atoms with Crippen LogP contribution in [0.4, 0.5) is 11.4 Å². The maximum Gasteiger partial charge on any atom is 0.255 e. The molecule has 0 fully saturated rings. The van der Waals surface area contributed by atoms with Gasteiger partial charge in [-0.05, 0) is 36.8 Å². The van der Waals surface area contributed by atoms with Crippen molar-refractivity contribution in [2.45, 2.75) is 6.92 Å². The molecule has 5 nitrogen and oxygen atoms in total. The van der Waals surface area contributed by atoms with Gasteiger partial charge in [-0.2, -0.15) is 0 Å². The van der Waals surface area contributed by atoms with Gasteiger partial charge in [-0.1, -0.05) is 0 Å². The predicted molar refractivity (Wildman–Crippen MR) is 70.6 cm³/mol. The van der Waals surface area contributed by atoms with Crippen LogP contribution in [0.5, 0.6) is 0 Å². The molecule has 0 saturated carbocycles. The van der Waals surface area contributed by atoms with Crippen molar-refractivity contribution in [1.82, 2.24) is 4.98 Å². The number of amides is 1. The number of anilines is 2. The number of nitrogens with one attached hydrogen (secondary N) is 2. The number of carbonyl (C=O) groups excluding carboxylic acids is 1. The summed E-state index contributed by atoms with van der Waals surface area (Å²) in [6, 6.07) is 8.01. The predicted octanol–water partition coefficient (Wildman–Crippen LogP) is 1.52. The zero-order valence-corrected chi connectivity index (χ0v) is 9.86. The third-order valence-corrected chi connectivity index (χ3v) is 2.56. The van der Waals surface area contributed by atoms with Crippen molar-refractivity contribution in [2.75, 3.05) is 11.1 Å². The summed E-state index contributed by atoms with van der Waals surface area (Å²) in [7, 11) is 0. The number of carbonyl (C=O) groups is 1. The van der Waals surface area contributed by atoms with Gasteiger partial charge in [0.05, 0.1) is 0 Å². The van der Waals surface area contributed by atoms with E-state index in [1.165, 1.54) is 12.3 Å². The molecule has 2 rings (SSSR count). The molecular formula is C13H13N3O2. The monoisotopic (exact) mass is 243 g/mol. The zero-order chi connectivity index (χ0) is 13.1. The van der Waals surface area contributed by atoms with Crippen LogP contribution in [-0.4, -0.2) is 10.9 Å². The van der Waals surface area contributed by atoms with Gasteiger partial charge in [-0.3, -0.25) is 9.59 Å². The van der Waals surface area contributed by atoms with Gasteiger partial charge in [0.15, 0.2) is 0 Å². The number of hydrogen-bond acceptors (Lipinski definition) is 3. The molecule has 0 aliphatic heterocycles. The van der Waals surface area contributed by atoms with Gasteiger partial charge in [-0.25, -0.2) is 0 Å². The summed E-state index contributed by atoms with van der Waals surface area (Å²) in [4.78, 5) is 25.4. The van der Waals surface area contributed by atoms with Crippen LogP contribution in [0.25, 0.3) is 0 Å². The number of nitrogen functional groups attached to an aromatic ring is 1. The first-order valence-corrected chi connectivity index (χ1v) is 5.42. The minimum atomic E-state index is -0.328. The molecule has 0 aliphatic carbocycles. The normalized spacial score (nSPS) is 10.1. The number of aryl methyl sites for hydroxylation is 1. The number of benzene rings is 1. The summed E-state index contributed by atoms with van der Waals surface area (Å²) in [6.07, 6.45) is 1.44. The highest BCUT2D eigenvalue weighted by atomic mass is 16.2. The molecule has 2 aromatic rings. The Morgan fingerprint density at radius 1 is 1.28 bits per heavy atom. The quantitative estimate of drug-likeness (QED) is 0.699. The third-order valence-electron chi connectivity index (χ3n) is 2.56. The molecule has 4 N–H and O–H groups in total. The van der Waals surface area contributed by atoms with Crippen molar-refractivity contribution >= 4 is 17.3 Å². The molecule has 0 aliphatic rings. The maximum atomic E-state index is 11.9. The van der Waals surface area contributed by atoms with Crippen LogP contribution >= 0.6 is 0 Å². The Bertz CT molecular complexity index is 647. The summed E-state index contributed by atoms with van der Waals surface area (Å²) >= 11 is 0. The first kappa shape index (κ1) is 11.9. The minimum absolute atomic E-state index is 0.309. The molecule has 5 heteroatoms. The fourth-order valence-electron chi connectivity index (χ4n) is 1.54. The van der Waals surface area contributed by atoms with Crippen LogP contribution < -0.4 is 16.6 Å². The van der Waals surface area contributed by atoms with Crippen molar-refractivity contribution in [2.24, 2.45) is 0 Å². The molecule has 0 bridgehead atoms. The largest absolute Gasteiger partial charge is 0.399 e. The average molecular weight is 243 g/mol. The van der Waals surface area contributed by atoms with E-state index >= 15 is 0 Å². The molecule has 1 heterocycles. The van der Waals surface area contributed by atoms with Gasteiger partial charge in [0.2, 0.25) is 5.56 Å². The molecule has 0 radical (unpaired) electrons. The van der Waals surface area contributed by atoms with E-state index in [1.807, 2.05) is 6.92 Å². The Balaban J connectivity index is 2.21. The number of hydrogen-bond donors (Lipinski definition) is 3. The molecular weight excluding hydrogens is 230 g/mol. The van der Waals surface area contributed by atoms with E-state index in [-0.39, 0.29) is 11.5 Å². The Hall–Kier alpha value is -2.56. The van der Waals surface area contributed by atoms with E-state index in [1.54, 1.807) is 24.3 Å². The summed E-state index contributed by atoms with van der Waals surface area (Å²) in [5.41, 5.74) is 7.90. The van der Waals surface area contributed by atoms with E-state index in [4.69, 9.17) is 5.73 Å². The summed E-state index contributed by atoms with van der Waals surface area (Å²) in [6.45, 7) is 1.86. The Labute approximate surface area is 104 Å². The van der Waals surface area contributed by atoms with Crippen LogP contribution in [0, 0.1) is 6.92 Å². The SMILES string of the molecule is Cc1cc(NC(=O)c2cc[nH]c(=O)c2)ccc1N. The maximum absolute atomic E-state index is 11.9. The fraction of sp³-hybridized carbons (Fsp3) is 0.0769. The first-order chi connectivity index (χ1) is 8.56. The average Bonchev–Trinajstić information content (AvgIpc) is 2.34. The second-order valence-electron chi connectivity index (χ2n) is 3.97. The smallest absolute Gasteiger partial charge is 0.255 e. The number of rotatable bonds is 2. The van der Waals surface area contributed by atoms with Gasteiger partial charge in [0.25, 0.3) is 5.91 Å². The third kappa shape index (κ3) is 2.57. The van der Waals surface area contributed by atoms with Crippen molar-refractivity contribution < 1.29 is 4.79 Å². The van der Waals surface area contributed by atoms with Crippen molar-refractivity contribution in [1.29, 1.82) is 0 Å². The highest BCUT2D eigenvalue weighted by Gasteiger charge is 2.06. The van der Waals surface area contributed by atoms with E-state index in [0.29, 0.717) is 16.9 Å². The molecule has 0 unspecified atom stereocenters. The Kier molecular flexibility index (Phi) is 3.14. The molecule has 1 amide bonds. The minimum Gasteiger partial charge on any atom is -0.399 e. The number of H-pyrrole nitrogens is 1. The van der Waals surface area contributed by atoms with E-state index < -0.39 is 0 Å². The van der Waals surface area contributed by atoms with Crippen molar-refractivity contribution in [3.63, 3.8) is 0 Å². The van der Waals surface area contributed by atoms with E-state index in [2.05, 4.69) is 10.3 Å². The number of nitrogens with two attached hydrogens (primary N) is 1. The van der Waals surface area contributed by atoms with Crippen LogP contribution in [0.2, 0.25) is 0 Å².